The summed E-state index contributed by atoms with van der Waals surface area (Å²) in [6.07, 6.45) is 0.315. The first kappa shape index (κ1) is 19.0. The van der Waals surface area contributed by atoms with Crippen LogP contribution in [0.1, 0.15) is 48.1 Å². The molecule has 2 rings (SSSR count). The molecule has 0 aliphatic heterocycles. The molecular weight excluding hydrogens is 312 g/mol. The van der Waals surface area contributed by atoms with E-state index in [1.54, 1.807) is 7.11 Å². The van der Waals surface area contributed by atoms with E-state index in [2.05, 4.69) is 31.3 Å². The zero-order chi connectivity index (χ0) is 18.4. The van der Waals surface area contributed by atoms with Gasteiger partial charge in [0.1, 0.15) is 5.75 Å². The van der Waals surface area contributed by atoms with Gasteiger partial charge in [-0.2, -0.15) is 0 Å². The molecule has 2 aromatic rings. The molecular formula is C21H28N2O2. The average molecular weight is 340 g/mol. The summed E-state index contributed by atoms with van der Waals surface area (Å²) in [5.41, 5.74) is 10.5. The molecule has 0 fully saturated rings. The van der Waals surface area contributed by atoms with Gasteiger partial charge in [-0.3, -0.25) is 4.79 Å². The first-order chi connectivity index (χ1) is 11.9. The number of rotatable bonds is 7. The Balaban J connectivity index is 1.88. The van der Waals surface area contributed by atoms with Crippen molar-refractivity contribution in [3.63, 3.8) is 0 Å². The molecule has 0 bridgehead atoms. The predicted octanol–water partition coefficient (Wildman–Crippen LogP) is 3.49. The Labute approximate surface area is 150 Å². The van der Waals surface area contributed by atoms with Crippen molar-refractivity contribution in [3.8, 4) is 5.75 Å². The second-order valence-corrected chi connectivity index (χ2v) is 6.71. The molecule has 0 radical (unpaired) electrons. The monoisotopic (exact) mass is 340 g/mol. The first-order valence-corrected chi connectivity index (χ1v) is 8.66. The Morgan fingerprint density at radius 2 is 1.76 bits per heavy atom. The molecule has 0 heterocycles. The number of ether oxygens (including phenoxy) is 1. The van der Waals surface area contributed by atoms with E-state index in [0.717, 1.165) is 22.4 Å². The fraction of sp³-hybridized carbons (Fsp3) is 0.381. The minimum absolute atomic E-state index is 0.0415. The van der Waals surface area contributed by atoms with Gasteiger partial charge in [-0.05, 0) is 41.2 Å². The van der Waals surface area contributed by atoms with Crippen molar-refractivity contribution in [2.75, 3.05) is 13.7 Å². The first-order valence-electron chi connectivity index (χ1n) is 8.66. The third kappa shape index (κ3) is 5.33. The van der Waals surface area contributed by atoms with Crippen molar-refractivity contribution in [2.45, 2.75) is 39.2 Å². The van der Waals surface area contributed by atoms with Gasteiger partial charge in [0.15, 0.2) is 0 Å². The maximum atomic E-state index is 12.2. The van der Waals surface area contributed by atoms with E-state index in [0.29, 0.717) is 18.9 Å². The summed E-state index contributed by atoms with van der Waals surface area (Å²) < 4.78 is 5.30. The van der Waals surface area contributed by atoms with Crippen molar-refractivity contribution < 1.29 is 9.53 Å². The van der Waals surface area contributed by atoms with E-state index in [9.17, 15) is 4.79 Å². The van der Waals surface area contributed by atoms with Gasteiger partial charge in [0.25, 0.3) is 0 Å². The van der Waals surface area contributed by atoms with Crippen LogP contribution >= 0.6 is 0 Å². The molecule has 0 saturated carbocycles. The summed E-state index contributed by atoms with van der Waals surface area (Å²) in [5, 5.41) is 2.91. The molecule has 3 N–H and O–H groups in total. The molecule has 0 aromatic heterocycles. The standard InChI is InChI=1S/C21H28N2O2/c1-14(2)17-7-9-18(10-8-17)19(22)13-23-21(24)12-16-6-5-15(3)20(11-16)25-4/h5-11,14,19H,12-13,22H2,1-4H3,(H,23,24)/t19-/m0/s1. The summed E-state index contributed by atoms with van der Waals surface area (Å²) in [7, 11) is 1.63. The highest BCUT2D eigenvalue weighted by atomic mass is 16.5. The van der Waals surface area contributed by atoms with Crippen LogP contribution in [-0.2, 0) is 11.2 Å². The SMILES string of the molecule is COc1cc(CC(=O)NC[C@H](N)c2ccc(C(C)C)cc2)ccc1C. The fourth-order valence-corrected chi connectivity index (χ4v) is 2.69. The summed E-state index contributed by atoms with van der Waals surface area (Å²) in [5.74, 6) is 1.25. The molecule has 134 valence electrons. The van der Waals surface area contributed by atoms with Crippen molar-refractivity contribution in [1.29, 1.82) is 0 Å². The van der Waals surface area contributed by atoms with E-state index in [1.165, 1.54) is 5.56 Å². The second kappa shape index (κ2) is 8.67. The Hall–Kier alpha value is -2.33. The van der Waals surface area contributed by atoms with Crippen LogP contribution in [0.5, 0.6) is 5.75 Å². The van der Waals surface area contributed by atoms with Crippen LogP contribution in [0, 0.1) is 6.92 Å². The minimum Gasteiger partial charge on any atom is -0.496 e. The Kier molecular flexibility index (Phi) is 6.59. The molecule has 4 heteroatoms. The number of nitrogens with one attached hydrogen (secondary N) is 1. The minimum atomic E-state index is -0.210. The average Bonchev–Trinajstić information content (AvgIpc) is 2.61. The van der Waals surface area contributed by atoms with Gasteiger partial charge in [0, 0.05) is 12.6 Å². The lowest BCUT2D eigenvalue weighted by Gasteiger charge is -2.15. The van der Waals surface area contributed by atoms with E-state index in [4.69, 9.17) is 10.5 Å². The van der Waals surface area contributed by atoms with Crippen LogP contribution < -0.4 is 15.8 Å². The fourth-order valence-electron chi connectivity index (χ4n) is 2.69. The Morgan fingerprint density at radius 3 is 2.36 bits per heavy atom. The summed E-state index contributed by atoms with van der Waals surface area (Å²) in [6.45, 7) is 6.72. The molecule has 1 atom stereocenters. The number of carbonyl (C=O) groups is 1. The lowest BCUT2D eigenvalue weighted by atomic mass is 9.99. The maximum Gasteiger partial charge on any atom is 0.224 e. The number of hydrogen-bond donors (Lipinski definition) is 2. The van der Waals surface area contributed by atoms with Crippen LogP contribution in [0.3, 0.4) is 0 Å². The van der Waals surface area contributed by atoms with Crippen LogP contribution in [-0.4, -0.2) is 19.6 Å². The van der Waals surface area contributed by atoms with Crippen LogP contribution in [0.2, 0.25) is 0 Å². The van der Waals surface area contributed by atoms with Crippen LogP contribution in [0.4, 0.5) is 0 Å². The molecule has 0 aliphatic rings. The van der Waals surface area contributed by atoms with Gasteiger partial charge < -0.3 is 15.8 Å². The number of hydrogen-bond acceptors (Lipinski definition) is 3. The van der Waals surface area contributed by atoms with Gasteiger partial charge in [0.2, 0.25) is 5.91 Å². The predicted molar refractivity (Wildman–Crippen MR) is 102 cm³/mol. The quantitative estimate of drug-likeness (QED) is 0.811. The molecule has 0 spiro atoms. The van der Waals surface area contributed by atoms with Crippen LogP contribution in [0.25, 0.3) is 0 Å². The van der Waals surface area contributed by atoms with E-state index in [1.807, 2.05) is 37.3 Å². The molecule has 0 aliphatic carbocycles. The highest BCUT2D eigenvalue weighted by Gasteiger charge is 2.10. The van der Waals surface area contributed by atoms with Gasteiger partial charge in [-0.25, -0.2) is 0 Å². The zero-order valence-corrected chi connectivity index (χ0v) is 15.5. The van der Waals surface area contributed by atoms with E-state index >= 15 is 0 Å². The van der Waals surface area contributed by atoms with Gasteiger partial charge >= 0.3 is 0 Å². The molecule has 0 unspecified atom stereocenters. The smallest absolute Gasteiger partial charge is 0.224 e. The molecule has 0 saturated heterocycles. The van der Waals surface area contributed by atoms with Gasteiger partial charge in [-0.1, -0.05) is 50.2 Å². The van der Waals surface area contributed by atoms with Crippen molar-refractivity contribution in [2.24, 2.45) is 5.73 Å². The van der Waals surface area contributed by atoms with Gasteiger partial charge in [-0.15, -0.1) is 0 Å². The largest absolute Gasteiger partial charge is 0.496 e. The normalized spacial score (nSPS) is 12.1. The topological polar surface area (TPSA) is 64.3 Å². The highest BCUT2D eigenvalue weighted by Crippen LogP contribution is 2.19. The number of nitrogens with two attached hydrogens (primary N) is 1. The summed E-state index contributed by atoms with van der Waals surface area (Å²) in [6, 6.07) is 13.9. The van der Waals surface area contributed by atoms with E-state index < -0.39 is 0 Å². The molecule has 4 nitrogen and oxygen atoms in total. The molecule has 25 heavy (non-hydrogen) atoms. The van der Waals surface area contributed by atoms with Crippen molar-refractivity contribution in [1.82, 2.24) is 5.32 Å². The number of carbonyl (C=O) groups excluding carboxylic acids is 1. The summed E-state index contributed by atoms with van der Waals surface area (Å²) >= 11 is 0. The lowest BCUT2D eigenvalue weighted by molar-refractivity contribution is -0.120. The molecule has 2 aromatic carbocycles. The number of methoxy groups -OCH3 is 1. The second-order valence-electron chi connectivity index (χ2n) is 6.71. The van der Waals surface area contributed by atoms with Crippen molar-refractivity contribution in [3.05, 3.63) is 64.7 Å². The number of amides is 1. The number of benzene rings is 2. The van der Waals surface area contributed by atoms with Gasteiger partial charge in [0.05, 0.1) is 13.5 Å². The third-order valence-electron chi connectivity index (χ3n) is 4.39. The third-order valence-corrected chi connectivity index (χ3v) is 4.39. The Morgan fingerprint density at radius 1 is 1.12 bits per heavy atom. The summed E-state index contributed by atoms with van der Waals surface area (Å²) in [4.78, 5) is 12.2. The van der Waals surface area contributed by atoms with Crippen LogP contribution in [0.15, 0.2) is 42.5 Å². The molecule has 1 amide bonds. The Bertz CT molecular complexity index is 708. The highest BCUT2D eigenvalue weighted by molar-refractivity contribution is 5.78. The lowest BCUT2D eigenvalue weighted by Crippen LogP contribution is -2.32. The maximum absolute atomic E-state index is 12.2. The number of aryl methyl sites for hydroxylation is 1. The zero-order valence-electron chi connectivity index (χ0n) is 15.5. The van der Waals surface area contributed by atoms with E-state index in [-0.39, 0.29) is 11.9 Å². The van der Waals surface area contributed by atoms with Crippen molar-refractivity contribution >= 4 is 5.91 Å².